The molecule has 1 aromatic carbocycles. The Balaban J connectivity index is 2.26. The Morgan fingerprint density at radius 2 is 2.24 bits per heavy atom. The van der Waals surface area contributed by atoms with Crippen LogP contribution in [0.3, 0.4) is 0 Å². The Hall–Kier alpha value is -1.62. The number of benzene rings is 1. The molecule has 6 heteroatoms. The molecule has 0 saturated heterocycles. The smallest absolute Gasteiger partial charge is 0.242 e. The van der Waals surface area contributed by atoms with Gasteiger partial charge in [-0.2, -0.15) is 0 Å². The number of likely N-dealkylation sites (N-methyl/N-ethyl adjacent to an activating group) is 1. The molecule has 2 aromatic rings. The van der Waals surface area contributed by atoms with Crippen LogP contribution in [0.2, 0.25) is 0 Å². The molecule has 0 atom stereocenters. The molecule has 0 N–H and O–H groups in total. The normalized spacial score (nSPS) is 11.0. The molecular formula is C15H19ClFN3O. The van der Waals surface area contributed by atoms with Crippen molar-refractivity contribution in [3.05, 3.63) is 29.8 Å². The third-order valence-corrected chi connectivity index (χ3v) is 3.71. The van der Waals surface area contributed by atoms with Gasteiger partial charge in [0.1, 0.15) is 18.2 Å². The number of alkyl halides is 1. The van der Waals surface area contributed by atoms with Crippen LogP contribution >= 0.6 is 11.6 Å². The monoisotopic (exact) mass is 311 g/mol. The van der Waals surface area contributed by atoms with E-state index in [1.165, 1.54) is 12.1 Å². The quantitative estimate of drug-likeness (QED) is 0.769. The van der Waals surface area contributed by atoms with Gasteiger partial charge in [0.15, 0.2) is 0 Å². The van der Waals surface area contributed by atoms with E-state index in [2.05, 4.69) is 11.9 Å². The van der Waals surface area contributed by atoms with Gasteiger partial charge < -0.3 is 9.47 Å². The molecule has 21 heavy (non-hydrogen) atoms. The van der Waals surface area contributed by atoms with E-state index >= 15 is 0 Å². The number of imidazole rings is 1. The zero-order valence-corrected chi connectivity index (χ0v) is 13.0. The van der Waals surface area contributed by atoms with Crippen molar-refractivity contribution in [2.24, 2.45) is 0 Å². The van der Waals surface area contributed by atoms with Crippen molar-refractivity contribution in [2.75, 3.05) is 13.6 Å². The van der Waals surface area contributed by atoms with Crippen molar-refractivity contribution in [3.8, 4) is 0 Å². The third kappa shape index (κ3) is 3.53. The number of unbranched alkanes of at least 4 members (excludes halogenated alkanes) is 1. The maximum absolute atomic E-state index is 13.3. The Bertz CT molecular complexity index is 641. The highest BCUT2D eigenvalue weighted by Crippen LogP contribution is 2.19. The molecule has 0 aliphatic rings. The summed E-state index contributed by atoms with van der Waals surface area (Å²) >= 11 is 5.89. The van der Waals surface area contributed by atoms with E-state index in [9.17, 15) is 9.18 Å². The molecule has 0 fully saturated rings. The summed E-state index contributed by atoms with van der Waals surface area (Å²) in [7, 11) is 1.79. The highest BCUT2D eigenvalue weighted by atomic mass is 35.5. The molecule has 0 radical (unpaired) electrons. The molecule has 0 aliphatic heterocycles. The minimum absolute atomic E-state index is 0.00144. The molecule has 0 spiro atoms. The summed E-state index contributed by atoms with van der Waals surface area (Å²) in [4.78, 5) is 18.2. The SMILES string of the molecule is CCCCN(C)C(=O)Cn1c(CCl)nc2cc(F)ccc21. The molecular weight excluding hydrogens is 293 g/mol. The Kier molecular flexibility index (Phi) is 5.17. The van der Waals surface area contributed by atoms with Crippen LogP contribution in [0, 0.1) is 5.82 Å². The fraction of sp³-hybridized carbons (Fsp3) is 0.467. The number of nitrogens with zero attached hydrogens (tertiary/aromatic N) is 3. The molecule has 114 valence electrons. The summed E-state index contributed by atoms with van der Waals surface area (Å²) in [5.74, 6) is 0.412. The van der Waals surface area contributed by atoms with E-state index in [1.807, 2.05) is 0 Å². The van der Waals surface area contributed by atoms with E-state index in [1.54, 1.807) is 22.6 Å². The summed E-state index contributed by atoms with van der Waals surface area (Å²) in [6.07, 6.45) is 2.01. The lowest BCUT2D eigenvalue weighted by Crippen LogP contribution is -2.31. The number of fused-ring (bicyclic) bond motifs is 1. The molecule has 0 unspecified atom stereocenters. The molecule has 1 amide bonds. The fourth-order valence-corrected chi connectivity index (χ4v) is 2.41. The summed E-state index contributed by atoms with van der Waals surface area (Å²) in [6.45, 7) is 2.99. The highest BCUT2D eigenvalue weighted by Gasteiger charge is 2.15. The molecule has 4 nitrogen and oxygen atoms in total. The van der Waals surface area contributed by atoms with Gasteiger partial charge in [0.25, 0.3) is 0 Å². The van der Waals surface area contributed by atoms with Gasteiger partial charge in [-0.15, -0.1) is 11.6 Å². The van der Waals surface area contributed by atoms with Gasteiger partial charge in [-0.25, -0.2) is 9.37 Å². The topological polar surface area (TPSA) is 38.1 Å². The van der Waals surface area contributed by atoms with E-state index in [0.717, 1.165) is 24.9 Å². The number of halogens is 2. The average molecular weight is 312 g/mol. The fourth-order valence-electron chi connectivity index (χ4n) is 2.21. The van der Waals surface area contributed by atoms with Crippen LogP contribution < -0.4 is 0 Å². The Labute approximate surface area is 128 Å². The number of aromatic nitrogens is 2. The van der Waals surface area contributed by atoms with Crippen LogP contribution in [0.1, 0.15) is 25.6 Å². The zero-order valence-electron chi connectivity index (χ0n) is 12.3. The predicted molar refractivity (Wildman–Crippen MR) is 81.8 cm³/mol. The van der Waals surface area contributed by atoms with Gasteiger partial charge in [0.2, 0.25) is 5.91 Å². The van der Waals surface area contributed by atoms with Gasteiger partial charge in [0, 0.05) is 19.7 Å². The van der Waals surface area contributed by atoms with Crippen molar-refractivity contribution in [1.29, 1.82) is 0 Å². The number of carbonyl (C=O) groups is 1. The van der Waals surface area contributed by atoms with Gasteiger partial charge in [-0.3, -0.25) is 4.79 Å². The third-order valence-electron chi connectivity index (χ3n) is 3.48. The van der Waals surface area contributed by atoms with Gasteiger partial charge in [-0.1, -0.05) is 13.3 Å². The molecule has 0 bridgehead atoms. The molecule has 1 aromatic heterocycles. The molecule has 0 saturated carbocycles. The second-order valence-corrected chi connectivity index (χ2v) is 5.32. The maximum atomic E-state index is 13.3. The van der Waals surface area contributed by atoms with Crippen molar-refractivity contribution in [3.63, 3.8) is 0 Å². The van der Waals surface area contributed by atoms with Crippen LogP contribution in [0.15, 0.2) is 18.2 Å². The van der Waals surface area contributed by atoms with Crippen molar-refractivity contribution in [2.45, 2.75) is 32.2 Å². The van der Waals surface area contributed by atoms with Gasteiger partial charge >= 0.3 is 0 Å². The maximum Gasteiger partial charge on any atom is 0.242 e. The largest absolute Gasteiger partial charge is 0.344 e. The van der Waals surface area contributed by atoms with Crippen LogP contribution in [-0.2, 0) is 17.2 Å². The first kappa shape index (κ1) is 15.8. The van der Waals surface area contributed by atoms with Gasteiger partial charge in [-0.05, 0) is 18.6 Å². The summed E-state index contributed by atoms with van der Waals surface area (Å²) in [6, 6.07) is 4.35. The van der Waals surface area contributed by atoms with Crippen LogP contribution in [-0.4, -0.2) is 34.0 Å². The van der Waals surface area contributed by atoms with E-state index in [-0.39, 0.29) is 24.1 Å². The van der Waals surface area contributed by atoms with Crippen LogP contribution in [0.25, 0.3) is 11.0 Å². The standard InChI is InChI=1S/C15H19ClFN3O/c1-3-4-7-19(2)15(21)10-20-13-6-5-11(17)8-12(13)18-14(20)9-16/h5-6,8H,3-4,7,9-10H2,1-2H3. The number of hydrogen-bond acceptors (Lipinski definition) is 2. The molecule has 2 rings (SSSR count). The second kappa shape index (κ2) is 6.89. The first-order valence-corrected chi connectivity index (χ1v) is 7.54. The zero-order chi connectivity index (χ0) is 15.4. The number of carbonyl (C=O) groups excluding carboxylic acids is 1. The summed E-state index contributed by atoms with van der Waals surface area (Å²) in [5, 5.41) is 0. The Morgan fingerprint density at radius 1 is 1.48 bits per heavy atom. The second-order valence-electron chi connectivity index (χ2n) is 5.05. The van der Waals surface area contributed by atoms with E-state index in [0.29, 0.717) is 11.3 Å². The molecule has 0 aliphatic carbocycles. The number of rotatable bonds is 6. The van der Waals surface area contributed by atoms with Crippen molar-refractivity contribution in [1.82, 2.24) is 14.5 Å². The first-order chi connectivity index (χ1) is 10.1. The van der Waals surface area contributed by atoms with Crippen molar-refractivity contribution >= 4 is 28.5 Å². The van der Waals surface area contributed by atoms with Crippen LogP contribution in [0.5, 0.6) is 0 Å². The van der Waals surface area contributed by atoms with Crippen LogP contribution in [0.4, 0.5) is 4.39 Å². The average Bonchev–Trinajstić information content (AvgIpc) is 2.81. The summed E-state index contributed by atoms with van der Waals surface area (Å²) < 4.78 is 15.0. The van der Waals surface area contributed by atoms with Gasteiger partial charge in [0.05, 0.1) is 16.9 Å². The predicted octanol–water partition coefficient (Wildman–Crippen LogP) is 3.17. The minimum Gasteiger partial charge on any atom is -0.344 e. The Morgan fingerprint density at radius 3 is 2.90 bits per heavy atom. The first-order valence-electron chi connectivity index (χ1n) is 7.01. The molecule has 1 heterocycles. The lowest BCUT2D eigenvalue weighted by Gasteiger charge is -2.18. The summed E-state index contributed by atoms with van der Waals surface area (Å²) in [5.41, 5.74) is 1.25. The highest BCUT2D eigenvalue weighted by molar-refractivity contribution is 6.16. The number of amides is 1. The van der Waals surface area contributed by atoms with E-state index < -0.39 is 0 Å². The lowest BCUT2D eigenvalue weighted by molar-refractivity contribution is -0.130. The van der Waals surface area contributed by atoms with Crippen molar-refractivity contribution < 1.29 is 9.18 Å². The van der Waals surface area contributed by atoms with E-state index in [4.69, 9.17) is 11.6 Å². The lowest BCUT2D eigenvalue weighted by atomic mass is 10.3. The minimum atomic E-state index is -0.348. The number of hydrogen-bond donors (Lipinski definition) is 0.